The van der Waals surface area contributed by atoms with Crippen LogP contribution < -0.4 is 11.1 Å². The van der Waals surface area contributed by atoms with Crippen LogP contribution in [0.5, 0.6) is 0 Å². The summed E-state index contributed by atoms with van der Waals surface area (Å²) in [5.41, 5.74) is 5.54. The second kappa shape index (κ2) is 8.48. The summed E-state index contributed by atoms with van der Waals surface area (Å²) in [6.07, 6.45) is 8.13. The fraction of sp³-hybridized carbons (Fsp3) is 0.923. The number of hydrogen-bond acceptors (Lipinski definition) is 3. The molecule has 4 nitrogen and oxygen atoms in total. The van der Waals surface area contributed by atoms with Gasteiger partial charge in [-0.05, 0) is 26.2 Å². The summed E-state index contributed by atoms with van der Waals surface area (Å²) in [6.45, 7) is 3.28. The zero-order valence-corrected chi connectivity index (χ0v) is 10.9. The summed E-state index contributed by atoms with van der Waals surface area (Å²) >= 11 is 0. The largest absolute Gasteiger partial charge is 0.378 e. The second-order valence-corrected chi connectivity index (χ2v) is 5.02. The number of carbonyl (C=O) groups is 1. The molecule has 0 spiro atoms. The number of carbonyl (C=O) groups excluding carboxylic acids is 1. The maximum Gasteiger partial charge on any atom is 0.221 e. The Balaban J connectivity index is 1.91. The molecule has 100 valence electrons. The van der Waals surface area contributed by atoms with Crippen LogP contribution in [0.4, 0.5) is 0 Å². The third kappa shape index (κ3) is 7.34. The van der Waals surface area contributed by atoms with Gasteiger partial charge in [-0.25, -0.2) is 0 Å². The van der Waals surface area contributed by atoms with Crippen LogP contribution in [0.3, 0.4) is 0 Å². The van der Waals surface area contributed by atoms with E-state index in [0.717, 1.165) is 13.0 Å². The van der Waals surface area contributed by atoms with Crippen molar-refractivity contribution in [3.63, 3.8) is 0 Å². The average molecular weight is 242 g/mol. The highest BCUT2D eigenvalue weighted by Gasteiger charge is 2.13. The molecule has 0 saturated heterocycles. The summed E-state index contributed by atoms with van der Waals surface area (Å²) < 4.78 is 5.77. The number of nitrogens with one attached hydrogen (secondary N) is 1. The van der Waals surface area contributed by atoms with Crippen molar-refractivity contribution in [3.05, 3.63) is 0 Å². The average Bonchev–Trinajstić information content (AvgIpc) is 2.29. The van der Waals surface area contributed by atoms with Crippen molar-refractivity contribution >= 4 is 5.91 Å². The minimum absolute atomic E-state index is 0.0395. The van der Waals surface area contributed by atoms with Gasteiger partial charge >= 0.3 is 0 Å². The van der Waals surface area contributed by atoms with Gasteiger partial charge in [-0.3, -0.25) is 4.79 Å². The van der Waals surface area contributed by atoms with Crippen molar-refractivity contribution in [2.45, 2.75) is 64.0 Å². The van der Waals surface area contributed by atoms with Crippen LogP contribution in [0.25, 0.3) is 0 Å². The molecule has 3 N–H and O–H groups in total. The van der Waals surface area contributed by atoms with Crippen molar-refractivity contribution in [1.29, 1.82) is 0 Å². The zero-order chi connectivity index (χ0) is 12.5. The van der Waals surface area contributed by atoms with Gasteiger partial charge in [-0.15, -0.1) is 0 Å². The predicted octanol–water partition coefficient (Wildman–Crippen LogP) is 1.58. The maximum absolute atomic E-state index is 11.3. The van der Waals surface area contributed by atoms with Crippen LogP contribution in [-0.4, -0.2) is 31.2 Å². The Kier molecular flexibility index (Phi) is 7.21. The molecular weight excluding hydrogens is 216 g/mol. The highest BCUT2D eigenvalue weighted by atomic mass is 16.5. The summed E-state index contributed by atoms with van der Waals surface area (Å²) in [4.78, 5) is 11.3. The van der Waals surface area contributed by atoms with Crippen LogP contribution in [0.15, 0.2) is 0 Å². The van der Waals surface area contributed by atoms with Gasteiger partial charge < -0.3 is 15.8 Å². The molecule has 1 aliphatic carbocycles. The van der Waals surface area contributed by atoms with Crippen LogP contribution in [-0.2, 0) is 9.53 Å². The number of hydrogen-bond donors (Lipinski definition) is 2. The SMILES string of the molecule is CC(N)CC(=O)NCCCOC1CCCCC1. The molecule has 0 bridgehead atoms. The second-order valence-electron chi connectivity index (χ2n) is 5.02. The third-order valence-electron chi connectivity index (χ3n) is 3.06. The first-order valence-corrected chi connectivity index (χ1v) is 6.82. The third-order valence-corrected chi connectivity index (χ3v) is 3.06. The van der Waals surface area contributed by atoms with Gasteiger partial charge in [-0.2, -0.15) is 0 Å². The quantitative estimate of drug-likeness (QED) is 0.666. The van der Waals surface area contributed by atoms with Crippen molar-refractivity contribution in [2.24, 2.45) is 5.73 Å². The fourth-order valence-electron chi connectivity index (χ4n) is 2.15. The van der Waals surface area contributed by atoms with Crippen LogP contribution in [0.2, 0.25) is 0 Å². The number of amides is 1. The van der Waals surface area contributed by atoms with Crippen molar-refractivity contribution in [3.8, 4) is 0 Å². The van der Waals surface area contributed by atoms with E-state index in [1.54, 1.807) is 0 Å². The Morgan fingerprint density at radius 3 is 2.76 bits per heavy atom. The zero-order valence-electron chi connectivity index (χ0n) is 10.9. The van der Waals surface area contributed by atoms with Gasteiger partial charge in [0.2, 0.25) is 5.91 Å². The molecule has 1 rings (SSSR count). The molecule has 1 atom stereocenters. The summed E-state index contributed by atoms with van der Waals surface area (Å²) in [6, 6.07) is -0.0616. The van der Waals surface area contributed by atoms with Gasteiger partial charge in [0.1, 0.15) is 0 Å². The molecule has 1 aliphatic rings. The molecular formula is C13H26N2O2. The predicted molar refractivity (Wildman–Crippen MR) is 68.7 cm³/mol. The molecule has 0 aromatic rings. The Morgan fingerprint density at radius 1 is 1.41 bits per heavy atom. The van der Waals surface area contributed by atoms with Gasteiger partial charge in [0.15, 0.2) is 0 Å². The molecule has 0 aromatic carbocycles. The van der Waals surface area contributed by atoms with Gasteiger partial charge in [0.25, 0.3) is 0 Å². The monoisotopic (exact) mass is 242 g/mol. The van der Waals surface area contributed by atoms with E-state index >= 15 is 0 Å². The first kappa shape index (κ1) is 14.5. The highest BCUT2D eigenvalue weighted by molar-refractivity contribution is 5.76. The van der Waals surface area contributed by atoms with E-state index in [0.29, 0.717) is 19.1 Å². The Bertz CT molecular complexity index is 213. The Labute approximate surface area is 104 Å². The molecule has 0 aromatic heterocycles. The molecule has 0 heterocycles. The van der Waals surface area contributed by atoms with Gasteiger partial charge in [0, 0.05) is 25.6 Å². The highest BCUT2D eigenvalue weighted by Crippen LogP contribution is 2.20. The molecule has 0 aliphatic heterocycles. The van der Waals surface area contributed by atoms with Crippen LogP contribution >= 0.6 is 0 Å². The van der Waals surface area contributed by atoms with Crippen molar-refractivity contribution in [2.75, 3.05) is 13.2 Å². The molecule has 0 radical (unpaired) electrons. The van der Waals surface area contributed by atoms with Crippen molar-refractivity contribution < 1.29 is 9.53 Å². The van der Waals surface area contributed by atoms with Crippen molar-refractivity contribution in [1.82, 2.24) is 5.32 Å². The van der Waals surface area contributed by atoms with Gasteiger partial charge in [0.05, 0.1) is 6.10 Å². The minimum atomic E-state index is -0.0616. The van der Waals surface area contributed by atoms with Crippen LogP contribution in [0, 0.1) is 0 Å². The number of nitrogens with two attached hydrogens (primary N) is 1. The standard InChI is InChI=1S/C13H26N2O2/c1-11(14)10-13(16)15-8-5-9-17-12-6-3-2-4-7-12/h11-12H,2-10,14H2,1H3,(H,15,16). The smallest absolute Gasteiger partial charge is 0.221 e. The Morgan fingerprint density at radius 2 is 2.12 bits per heavy atom. The molecule has 1 saturated carbocycles. The first-order chi connectivity index (χ1) is 8.18. The van der Waals surface area contributed by atoms with E-state index in [1.165, 1.54) is 32.1 Å². The van der Waals surface area contributed by atoms with E-state index in [4.69, 9.17) is 10.5 Å². The lowest BCUT2D eigenvalue weighted by atomic mass is 9.98. The maximum atomic E-state index is 11.3. The first-order valence-electron chi connectivity index (χ1n) is 6.82. The lowest BCUT2D eigenvalue weighted by Gasteiger charge is -2.21. The molecule has 17 heavy (non-hydrogen) atoms. The molecule has 4 heteroatoms. The summed E-state index contributed by atoms with van der Waals surface area (Å²) in [5, 5.41) is 2.85. The fourth-order valence-corrected chi connectivity index (χ4v) is 2.15. The molecule has 1 fully saturated rings. The van der Waals surface area contributed by atoms with Crippen LogP contribution in [0.1, 0.15) is 51.9 Å². The summed E-state index contributed by atoms with van der Waals surface area (Å²) in [7, 11) is 0. The summed E-state index contributed by atoms with van der Waals surface area (Å²) in [5.74, 6) is 0.0395. The lowest BCUT2D eigenvalue weighted by molar-refractivity contribution is -0.121. The molecule has 1 amide bonds. The van der Waals surface area contributed by atoms with E-state index in [1.807, 2.05) is 6.92 Å². The minimum Gasteiger partial charge on any atom is -0.378 e. The Hall–Kier alpha value is -0.610. The number of rotatable bonds is 7. The topological polar surface area (TPSA) is 64.4 Å². The number of ether oxygens (including phenoxy) is 1. The van der Waals surface area contributed by atoms with E-state index in [2.05, 4.69) is 5.32 Å². The van der Waals surface area contributed by atoms with E-state index in [9.17, 15) is 4.79 Å². The lowest BCUT2D eigenvalue weighted by Crippen LogP contribution is -2.31. The van der Waals surface area contributed by atoms with Gasteiger partial charge in [-0.1, -0.05) is 19.3 Å². The normalized spacial score (nSPS) is 18.9. The van der Waals surface area contributed by atoms with E-state index < -0.39 is 0 Å². The molecule has 1 unspecified atom stereocenters. The van der Waals surface area contributed by atoms with E-state index in [-0.39, 0.29) is 11.9 Å².